The lowest BCUT2D eigenvalue weighted by Gasteiger charge is -2.12. The predicted molar refractivity (Wildman–Crippen MR) is 98.7 cm³/mol. The summed E-state index contributed by atoms with van der Waals surface area (Å²) >= 11 is 0. The van der Waals surface area contributed by atoms with E-state index in [4.69, 9.17) is 0 Å². The van der Waals surface area contributed by atoms with Gasteiger partial charge in [-0.05, 0) is 66.3 Å². The molecule has 0 heterocycles. The lowest BCUT2D eigenvalue weighted by atomic mass is 9.92. The molecule has 0 aliphatic rings. The van der Waals surface area contributed by atoms with Crippen molar-refractivity contribution in [3.63, 3.8) is 0 Å². The van der Waals surface area contributed by atoms with Gasteiger partial charge in [0.05, 0.1) is 0 Å². The third kappa shape index (κ3) is 3.16. The monoisotopic (exact) mass is 278 g/mol. The largest absolute Gasteiger partial charge is 0.0984 e. The molecular formula is C21H26. The van der Waals surface area contributed by atoms with Gasteiger partial charge in [0.15, 0.2) is 0 Å². The molecule has 0 bridgehead atoms. The first-order chi connectivity index (χ1) is 9.45. The molecule has 0 radical (unpaired) electrons. The maximum absolute atomic E-state index is 4.02. The highest BCUT2D eigenvalue weighted by Gasteiger charge is 2.07. The molecule has 0 unspecified atom stereocenters. The van der Waals surface area contributed by atoms with E-state index in [1.54, 1.807) is 0 Å². The lowest BCUT2D eigenvalue weighted by Crippen LogP contribution is -1.90. The van der Waals surface area contributed by atoms with Gasteiger partial charge in [-0.25, -0.2) is 0 Å². The number of hydrogen-bond donors (Lipinski definition) is 0. The van der Waals surface area contributed by atoms with Gasteiger partial charge in [0.1, 0.15) is 0 Å². The first kappa shape index (κ1) is 17.0. The molecule has 0 heteroatoms. The van der Waals surface area contributed by atoms with E-state index in [-0.39, 0.29) is 7.43 Å². The third-order valence-corrected chi connectivity index (χ3v) is 4.07. The zero-order chi connectivity index (χ0) is 14.9. The van der Waals surface area contributed by atoms with E-state index in [2.05, 4.69) is 64.3 Å². The van der Waals surface area contributed by atoms with Gasteiger partial charge >= 0.3 is 0 Å². The summed E-state index contributed by atoms with van der Waals surface area (Å²) in [5.41, 5.74) is 7.39. The third-order valence-electron chi connectivity index (χ3n) is 4.07. The lowest BCUT2D eigenvalue weighted by molar-refractivity contribution is 1.37. The Morgan fingerprint density at radius 1 is 1.00 bits per heavy atom. The van der Waals surface area contributed by atoms with E-state index in [9.17, 15) is 0 Å². The van der Waals surface area contributed by atoms with Crippen LogP contribution in [0.3, 0.4) is 0 Å². The average Bonchev–Trinajstić information content (AvgIpc) is 2.43. The minimum absolute atomic E-state index is 0. The van der Waals surface area contributed by atoms with Crippen molar-refractivity contribution in [2.75, 3.05) is 0 Å². The summed E-state index contributed by atoms with van der Waals surface area (Å²) in [7, 11) is 0. The summed E-state index contributed by atoms with van der Waals surface area (Å²) in [6, 6.07) is 8.75. The quantitative estimate of drug-likeness (QED) is 0.547. The zero-order valence-corrected chi connectivity index (χ0v) is 12.9. The highest BCUT2D eigenvalue weighted by molar-refractivity contribution is 5.96. The van der Waals surface area contributed by atoms with Crippen molar-refractivity contribution in [1.82, 2.24) is 0 Å². The Kier molecular flexibility index (Phi) is 5.32. The molecule has 0 amide bonds. The van der Waals surface area contributed by atoms with Crippen LogP contribution < -0.4 is 0 Å². The van der Waals surface area contributed by atoms with Crippen LogP contribution in [0, 0.1) is 13.8 Å². The molecule has 0 aromatic heterocycles. The van der Waals surface area contributed by atoms with Crippen molar-refractivity contribution >= 4 is 22.9 Å². The second kappa shape index (κ2) is 6.58. The number of aryl methyl sites for hydroxylation is 2. The minimum atomic E-state index is 0. The number of fused-ring (bicyclic) bond motifs is 1. The SMILES string of the molecule is C.C=Cc1ccc2c(C)c(C)ccc2c1/C=C(/C)C(=C)C. The Labute approximate surface area is 129 Å². The Hall–Kier alpha value is -2.08. The van der Waals surface area contributed by atoms with E-state index >= 15 is 0 Å². The van der Waals surface area contributed by atoms with Crippen molar-refractivity contribution in [3.05, 3.63) is 70.8 Å². The molecule has 2 aromatic carbocycles. The molecule has 0 spiro atoms. The van der Waals surface area contributed by atoms with Crippen LogP contribution in [0.15, 0.2) is 48.6 Å². The van der Waals surface area contributed by atoms with Gasteiger partial charge in [0.2, 0.25) is 0 Å². The molecule has 0 saturated carbocycles. The normalized spacial score (nSPS) is 11.1. The molecule has 21 heavy (non-hydrogen) atoms. The van der Waals surface area contributed by atoms with Gasteiger partial charge in [0.25, 0.3) is 0 Å². The highest BCUT2D eigenvalue weighted by atomic mass is 14.1. The Bertz CT molecular complexity index is 727. The number of hydrogen-bond acceptors (Lipinski definition) is 0. The fourth-order valence-corrected chi connectivity index (χ4v) is 2.38. The maximum Gasteiger partial charge on any atom is -0.0102 e. The maximum atomic E-state index is 4.02. The summed E-state index contributed by atoms with van der Waals surface area (Å²) in [6.45, 7) is 16.5. The van der Waals surface area contributed by atoms with Crippen LogP contribution in [0.5, 0.6) is 0 Å². The molecule has 2 aromatic rings. The minimum Gasteiger partial charge on any atom is -0.0984 e. The molecule has 0 fully saturated rings. The predicted octanol–water partition coefficient (Wildman–Crippen LogP) is 6.72. The van der Waals surface area contributed by atoms with Crippen molar-refractivity contribution < 1.29 is 0 Å². The molecule has 0 saturated heterocycles. The second-order valence-corrected chi connectivity index (χ2v) is 5.48. The smallest absolute Gasteiger partial charge is 0.0102 e. The fourth-order valence-electron chi connectivity index (χ4n) is 2.38. The molecule has 110 valence electrons. The first-order valence-corrected chi connectivity index (χ1v) is 6.95. The molecule has 0 aliphatic heterocycles. The molecular weight excluding hydrogens is 252 g/mol. The Morgan fingerprint density at radius 2 is 1.62 bits per heavy atom. The van der Waals surface area contributed by atoms with Crippen LogP contribution in [0.1, 0.15) is 43.5 Å². The van der Waals surface area contributed by atoms with Crippen molar-refractivity contribution in [2.45, 2.75) is 35.1 Å². The molecule has 0 nitrogen and oxygen atoms in total. The van der Waals surface area contributed by atoms with Crippen LogP contribution in [-0.2, 0) is 0 Å². The molecule has 2 rings (SSSR count). The van der Waals surface area contributed by atoms with E-state index < -0.39 is 0 Å². The van der Waals surface area contributed by atoms with Gasteiger partial charge in [-0.2, -0.15) is 0 Å². The second-order valence-electron chi connectivity index (χ2n) is 5.48. The van der Waals surface area contributed by atoms with Crippen molar-refractivity contribution in [2.24, 2.45) is 0 Å². The topological polar surface area (TPSA) is 0 Å². The van der Waals surface area contributed by atoms with Crippen molar-refractivity contribution in [1.29, 1.82) is 0 Å². The zero-order valence-electron chi connectivity index (χ0n) is 12.9. The first-order valence-electron chi connectivity index (χ1n) is 6.95. The average molecular weight is 278 g/mol. The molecule has 0 atom stereocenters. The summed E-state index contributed by atoms with van der Waals surface area (Å²) in [5, 5.41) is 2.60. The van der Waals surface area contributed by atoms with Crippen LogP contribution in [0.4, 0.5) is 0 Å². The summed E-state index contributed by atoms with van der Waals surface area (Å²) in [4.78, 5) is 0. The van der Waals surface area contributed by atoms with E-state index in [1.165, 1.54) is 38.6 Å². The standard InChI is InChI=1S/C20H22.CH4/c1-7-17-9-11-18-16(6)14(4)8-10-19(18)20(17)12-15(5)13(2)3;/h7-12H,1-2H2,3-6H3;1H4/b15-12-;. The van der Waals surface area contributed by atoms with Gasteiger partial charge < -0.3 is 0 Å². The van der Waals surface area contributed by atoms with E-state index in [0.29, 0.717) is 0 Å². The summed E-state index contributed by atoms with van der Waals surface area (Å²) < 4.78 is 0. The van der Waals surface area contributed by atoms with Gasteiger partial charge in [-0.1, -0.05) is 62.6 Å². The molecule has 0 aliphatic carbocycles. The summed E-state index contributed by atoms with van der Waals surface area (Å²) in [6.07, 6.45) is 4.14. The summed E-state index contributed by atoms with van der Waals surface area (Å²) in [5.74, 6) is 0. The number of rotatable bonds is 3. The Balaban J connectivity index is 0.00000220. The van der Waals surface area contributed by atoms with Crippen LogP contribution in [0.2, 0.25) is 0 Å². The van der Waals surface area contributed by atoms with Crippen LogP contribution in [0.25, 0.3) is 22.9 Å². The van der Waals surface area contributed by atoms with Crippen LogP contribution in [-0.4, -0.2) is 0 Å². The van der Waals surface area contributed by atoms with Gasteiger partial charge in [0, 0.05) is 0 Å². The van der Waals surface area contributed by atoms with Gasteiger partial charge in [-0.15, -0.1) is 0 Å². The Morgan fingerprint density at radius 3 is 2.19 bits per heavy atom. The van der Waals surface area contributed by atoms with E-state index in [0.717, 1.165) is 5.57 Å². The highest BCUT2D eigenvalue weighted by Crippen LogP contribution is 2.30. The fraction of sp³-hybridized carbons (Fsp3) is 0.238. The van der Waals surface area contributed by atoms with Crippen molar-refractivity contribution in [3.8, 4) is 0 Å². The van der Waals surface area contributed by atoms with Crippen LogP contribution >= 0.6 is 0 Å². The van der Waals surface area contributed by atoms with Gasteiger partial charge in [-0.3, -0.25) is 0 Å². The number of allylic oxidation sites excluding steroid dienone is 2. The van der Waals surface area contributed by atoms with E-state index in [1.807, 2.05) is 13.0 Å². The number of benzene rings is 2. The molecule has 0 N–H and O–H groups in total.